The standard InChI is InChI=1S/C37H50ClN3O6S/c1-26-6-5-14-37(25-42,24-40-16-18-46-19-17-40)33-12-9-30(33)22-41-15-4-3-7-28-20-32(38)11-8-31(28)23-47-35-13-10-29(21-34(35)41)36(43)39-48(44,45)27(26)2/h8,10-11,13,20-21,25-27,30,33H,3-7,9,12,14-19,22-24H2,1-2H3,(H,39,43)/t26-,27+,30-,33+,37-/m0/s1. The van der Waals surface area contributed by atoms with E-state index in [0.717, 1.165) is 76.0 Å². The van der Waals surface area contributed by atoms with Gasteiger partial charge in [-0.05, 0) is 111 Å². The molecule has 2 bridgehead atoms. The fourth-order valence-electron chi connectivity index (χ4n) is 8.22. The van der Waals surface area contributed by atoms with Crippen LogP contribution in [0.5, 0.6) is 5.75 Å². The molecule has 1 amide bonds. The number of fused-ring (bicyclic) bond motifs is 3. The van der Waals surface area contributed by atoms with E-state index in [4.69, 9.17) is 21.1 Å². The Hall–Kier alpha value is -2.66. The van der Waals surface area contributed by atoms with Crippen LogP contribution in [0.1, 0.15) is 80.3 Å². The lowest BCUT2D eigenvalue weighted by molar-refractivity contribution is -0.128. The van der Waals surface area contributed by atoms with Gasteiger partial charge in [-0.2, -0.15) is 0 Å². The zero-order chi connectivity index (χ0) is 33.9. The van der Waals surface area contributed by atoms with E-state index in [1.807, 2.05) is 25.1 Å². The van der Waals surface area contributed by atoms with Gasteiger partial charge in [0, 0.05) is 48.7 Å². The maximum Gasteiger partial charge on any atom is 0.264 e. The first-order valence-electron chi connectivity index (χ1n) is 17.7. The van der Waals surface area contributed by atoms with Gasteiger partial charge in [-0.3, -0.25) is 9.69 Å². The normalized spacial score (nSPS) is 30.3. The molecule has 0 radical (unpaired) electrons. The molecule has 1 saturated heterocycles. The molecule has 6 rings (SSSR count). The van der Waals surface area contributed by atoms with Crippen molar-refractivity contribution in [3.63, 3.8) is 0 Å². The third-order valence-corrected chi connectivity index (χ3v) is 13.7. The minimum atomic E-state index is -3.95. The molecule has 262 valence electrons. The van der Waals surface area contributed by atoms with Gasteiger partial charge < -0.3 is 19.2 Å². The number of rotatable bonds is 3. The molecular weight excluding hydrogens is 650 g/mol. The number of aryl methyl sites for hydroxylation is 1. The molecule has 48 heavy (non-hydrogen) atoms. The van der Waals surface area contributed by atoms with Crippen LogP contribution in [0.25, 0.3) is 0 Å². The number of morpholine rings is 1. The molecule has 3 aliphatic heterocycles. The number of hydrogen-bond acceptors (Lipinski definition) is 8. The maximum atomic E-state index is 13.5. The summed E-state index contributed by atoms with van der Waals surface area (Å²) in [4.78, 5) is 31.6. The van der Waals surface area contributed by atoms with E-state index in [-0.39, 0.29) is 17.4 Å². The van der Waals surface area contributed by atoms with Gasteiger partial charge in [-0.15, -0.1) is 0 Å². The van der Waals surface area contributed by atoms with Crippen LogP contribution < -0.4 is 14.4 Å². The first-order valence-corrected chi connectivity index (χ1v) is 19.6. The monoisotopic (exact) mass is 699 g/mol. The lowest BCUT2D eigenvalue weighted by Crippen LogP contribution is -2.54. The highest BCUT2D eigenvalue weighted by Gasteiger charge is 2.49. The van der Waals surface area contributed by atoms with Crippen molar-refractivity contribution in [1.29, 1.82) is 0 Å². The highest BCUT2D eigenvalue weighted by atomic mass is 35.5. The topological polar surface area (TPSA) is 105 Å². The highest BCUT2D eigenvalue weighted by molar-refractivity contribution is 7.90. The summed E-state index contributed by atoms with van der Waals surface area (Å²) in [5, 5.41) is -0.0693. The molecule has 0 aromatic heterocycles. The first-order chi connectivity index (χ1) is 23.1. The lowest BCUT2D eigenvalue weighted by Gasteiger charge is -2.51. The number of halogens is 1. The maximum absolute atomic E-state index is 13.5. The van der Waals surface area contributed by atoms with Gasteiger partial charge in [0.2, 0.25) is 10.0 Å². The van der Waals surface area contributed by atoms with E-state index in [9.17, 15) is 18.0 Å². The Bertz CT molecular complexity index is 1580. The van der Waals surface area contributed by atoms with E-state index in [1.54, 1.807) is 25.1 Å². The Balaban J connectivity index is 1.39. The molecule has 1 aliphatic carbocycles. The van der Waals surface area contributed by atoms with Crippen molar-refractivity contribution < 1.29 is 27.5 Å². The average Bonchev–Trinajstić information content (AvgIpc) is 3.09. The zero-order valence-corrected chi connectivity index (χ0v) is 29.9. The largest absolute Gasteiger partial charge is 0.487 e. The fraction of sp³-hybridized carbons (Fsp3) is 0.622. The number of hydrogen-bond donors (Lipinski definition) is 1. The summed E-state index contributed by atoms with van der Waals surface area (Å²) in [6.45, 7) is 9.08. The third-order valence-electron chi connectivity index (χ3n) is 11.5. The van der Waals surface area contributed by atoms with Crippen LogP contribution in [0.4, 0.5) is 5.69 Å². The van der Waals surface area contributed by atoms with Crippen molar-refractivity contribution in [2.75, 3.05) is 50.8 Å². The second-order valence-electron chi connectivity index (χ2n) is 14.5. The second-order valence-corrected chi connectivity index (χ2v) is 17.0. The van der Waals surface area contributed by atoms with Crippen molar-refractivity contribution >= 4 is 39.5 Å². The predicted octanol–water partition coefficient (Wildman–Crippen LogP) is 5.87. The molecule has 3 heterocycles. The summed E-state index contributed by atoms with van der Waals surface area (Å²) in [6.07, 6.45) is 8.11. The Kier molecular flexibility index (Phi) is 11.0. The summed E-state index contributed by atoms with van der Waals surface area (Å²) >= 11 is 6.37. The van der Waals surface area contributed by atoms with Crippen LogP contribution in [0.3, 0.4) is 0 Å². The second kappa shape index (κ2) is 15.1. The minimum absolute atomic E-state index is 0.192. The van der Waals surface area contributed by atoms with Crippen LogP contribution in [-0.2, 0) is 32.6 Å². The molecule has 5 atom stereocenters. The van der Waals surface area contributed by atoms with Gasteiger partial charge in [0.25, 0.3) is 5.91 Å². The molecule has 11 heteroatoms. The Morgan fingerprint density at radius 2 is 1.81 bits per heavy atom. The number of anilines is 1. The molecule has 1 N–H and O–H groups in total. The lowest BCUT2D eigenvalue weighted by atomic mass is 9.57. The molecule has 9 nitrogen and oxygen atoms in total. The number of carbonyl (C=O) groups excluding carboxylic acids is 2. The third kappa shape index (κ3) is 7.72. The summed E-state index contributed by atoms with van der Waals surface area (Å²) in [5.74, 6) is 0.327. The van der Waals surface area contributed by atoms with Gasteiger partial charge >= 0.3 is 0 Å². The molecule has 0 unspecified atom stereocenters. The highest BCUT2D eigenvalue weighted by Crippen LogP contribution is 2.50. The Morgan fingerprint density at radius 1 is 1.00 bits per heavy atom. The van der Waals surface area contributed by atoms with E-state index in [0.29, 0.717) is 55.9 Å². The Labute approximate surface area is 290 Å². The number of aldehydes is 1. The predicted molar refractivity (Wildman–Crippen MR) is 188 cm³/mol. The summed E-state index contributed by atoms with van der Waals surface area (Å²) in [6, 6.07) is 11.1. The molecule has 0 spiro atoms. The van der Waals surface area contributed by atoms with Gasteiger partial charge in [-0.1, -0.05) is 31.0 Å². The summed E-state index contributed by atoms with van der Waals surface area (Å²) in [7, 11) is -3.95. The molecule has 4 aliphatic rings. The van der Waals surface area contributed by atoms with E-state index in [2.05, 4.69) is 14.5 Å². The van der Waals surface area contributed by atoms with Gasteiger partial charge in [0.15, 0.2) is 0 Å². The van der Waals surface area contributed by atoms with E-state index in [1.165, 1.54) is 11.8 Å². The minimum Gasteiger partial charge on any atom is -0.487 e. The number of nitrogens with one attached hydrogen (secondary N) is 1. The van der Waals surface area contributed by atoms with Crippen LogP contribution in [0, 0.1) is 23.2 Å². The average molecular weight is 700 g/mol. The number of ether oxygens (including phenoxy) is 2. The van der Waals surface area contributed by atoms with Crippen molar-refractivity contribution in [1.82, 2.24) is 9.62 Å². The quantitative estimate of drug-likeness (QED) is 0.397. The van der Waals surface area contributed by atoms with Crippen molar-refractivity contribution in [2.45, 2.75) is 77.1 Å². The summed E-state index contributed by atoms with van der Waals surface area (Å²) < 4.78 is 41.4. The van der Waals surface area contributed by atoms with Crippen molar-refractivity contribution in [2.24, 2.45) is 23.2 Å². The van der Waals surface area contributed by atoms with E-state index < -0.39 is 26.6 Å². The SMILES string of the molecule is C[C@@H]1[C@@H](C)CCC[C@@](C=O)(CN2CCOCC2)[C@@H]2CC[C@H]2CN2CCCCc3cc(Cl)ccc3COc3ccc(cc32)C(=O)NS1(=O)=O. The zero-order valence-electron chi connectivity index (χ0n) is 28.3. The molecule has 2 aromatic carbocycles. The summed E-state index contributed by atoms with van der Waals surface area (Å²) in [5.41, 5.74) is 2.78. The molecule has 2 aromatic rings. The molecular formula is C37H50ClN3O6S. The van der Waals surface area contributed by atoms with Crippen LogP contribution in [-0.4, -0.2) is 76.7 Å². The number of carbonyl (C=O) groups is 2. The van der Waals surface area contributed by atoms with Crippen LogP contribution in [0.15, 0.2) is 36.4 Å². The van der Waals surface area contributed by atoms with Gasteiger partial charge in [0.05, 0.1) is 24.2 Å². The van der Waals surface area contributed by atoms with Crippen LogP contribution >= 0.6 is 11.6 Å². The van der Waals surface area contributed by atoms with Crippen molar-refractivity contribution in [3.05, 3.63) is 58.1 Å². The van der Waals surface area contributed by atoms with Crippen molar-refractivity contribution in [3.8, 4) is 5.75 Å². The number of nitrogens with zero attached hydrogens (tertiary/aromatic N) is 2. The van der Waals surface area contributed by atoms with Crippen LogP contribution in [0.2, 0.25) is 5.02 Å². The number of benzene rings is 2. The Morgan fingerprint density at radius 3 is 2.56 bits per heavy atom. The van der Waals surface area contributed by atoms with E-state index >= 15 is 0 Å². The number of sulfonamides is 1. The smallest absolute Gasteiger partial charge is 0.264 e. The van der Waals surface area contributed by atoms with Gasteiger partial charge in [-0.25, -0.2) is 13.1 Å². The fourth-order valence-corrected chi connectivity index (χ4v) is 9.73. The molecule has 1 saturated carbocycles. The van der Waals surface area contributed by atoms with Gasteiger partial charge in [0.1, 0.15) is 18.6 Å². The molecule has 2 fully saturated rings. The number of amides is 1. The first kappa shape index (κ1) is 35.2.